The van der Waals surface area contributed by atoms with Crippen LogP contribution in [0.3, 0.4) is 0 Å². The molecule has 5 rings (SSSR count). The van der Waals surface area contributed by atoms with Crippen molar-refractivity contribution in [2.24, 2.45) is 0 Å². The number of benzene rings is 3. The van der Waals surface area contributed by atoms with Gasteiger partial charge in [-0.05, 0) is 35.2 Å². The van der Waals surface area contributed by atoms with Gasteiger partial charge in [-0.15, -0.1) is 0 Å². The molecular formula is C26H22N4O7. The number of amides is 1. The Labute approximate surface area is 210 Å². The highest BCUT2D eigenvalue weighted by molar-refractivity contribution is 6.12. The number of aromatic amines is 1. The number of nitrogens with one attached hydrogen (secondary N) is 1. The van der Waals surface area contributed by atoms with Gasteiger partial charge in [-0.1, -0.05) is 6.07 Å². The van der Waals surface area contributed by atoms with Gasteiger partial charge in [0.05, 0.1) is 61.1 Å². The maximum absolute atomic E-state index is 13.8. The number of hydrogen-bond donors (Lipinski definition) is 2. The minimum absolute atomic E-state index is 0.125. The fourth-order valence-electron chi connectivity index (χ4n) is 5.04. The standard InChI is InChI=1S/C26H22N4O7/c1-35-21-8-14-7-18(28-23(14)25(37-3)24(21)36-2)26(32)29-11-15(12-31)22-16-5-4-13(10-27)6-17(16)19(30(33)34)9-20(22)29/h4-9,15,28,31H,11-12H2,1-3H3. The third-order valence-corrected chi connectivity index (χ3v) is 6.68. The molecule has 0 spiro atoms. The van der Waals surface area contributed by atoms with Crippen molar-refractivity contribution >= 4 is 39.0 Å². The first-order valence-corrected chi connectivity index (χ1v) is 11.3. The number of aliphatic hydroxyl groups is 1. The van der Waals surface area contributed by atoms with E-state index in [9.17, 15) is 25.3 Å². The molecule has 1 unspecified atom stereocenters. The van der Waals surface area contributed by atoms with Crippen molar-refractivity contribution in [2.75, 3.05) is 39.4 Å². The zero-order valence-electron chi connectivity index (χ0n) is 20.2. The van der Waals surface area contributed by atoms with E-state index in [1.54, 1.807) is 24.3 Å². The van der Waals surface area contributed by atoms with Crippen molar-refractivity contribution in [2.45, 2.75) is 5.92 Å². The maximum Gasteiger partial charge on any atom is 0.279 e. The third-order valence-electron chi connectivity index (χ3n) is 6.68. The first kappa shape index (κ1) is 23.9. The summed E-state index contributed by atoms with van der Waals surface area (Å²) in [4.78, 5) is 29.7. The van der Waals surface area contributed by atoms with Crippen molar-refractivity contribution in [3.05, 3.63) is 63.3 Å². The molecule has 188 valence electrons. The number of H-pyrrole nitrogens is 1. The number of nitriles is 1. The minimum Gasteiger partial charge on any atom is -0.493 e. The van der Waals surface area contributed by atoms with E-state index in [-0.39, 0.29) is 35.5 Å². The van der Waals surface area contributed by atoms with E-state index in [1.165, 1.54) is 38.4 Å². The number of rotatable bonds is 6. The van der Waals surface area contributed by atoms with Crippen LogP contribution in [-0.2, 0) is 0 Å². The number of nitro groups is 1. The number of ether oxygens (including phenoxy) is 3. The van der Waals surface area contributed by atoms with Crippen molar-refractivity contribution in [3.8, 4) is 23.3 Å². The lowest BCUT2D eigenvalue weighted by Gasteiger charge is -2.17. The van der Waals surface area contributed by atoms with Crippen molar-refractivity contribution in [1.82, 2.24) is 4.98 Å². The highest BCUT2D eigenvalue weighted by Crippen LogP contribution is 2.47. The highest BCUT2D eigenvalue weighted by Gasteiger charge is 2.37. The van der Waals surface area contributed by atoms with Crippen molar-refractivity contribution in [3.63, 3.8) is 0 Å². The first-order chi connectivity index (χ1) is 17.9. The molecule has 37 heavy (non-hydrogen) atoms. The Kier molecular flexibility index (Phi) is 5.81. The van der Waals surface area contributed by atoms with Crippen LogP contribution in [0.5, 0.6) is 17.2 Å². The van der Waals surface area contributed by atoms with Crippen LogP contribution in [0, 0.1) is 21.4 Å². The average molecular weight is 502 g/mol. The largest absolute Gasteiger partial charge is 0.493 e. The van der Waals surface area contributed by atoms with Gasteiger partial charge in [-0.2, -0.15) is 5.26 Å². The highest BCUT2D eigenvalue weighted by atomic mass is 16.6. The van der Waals surface area contributed by atoms with E-state index in [0.717, 1.165) is 0 Å². The molecule has 1 aliphatic heterocycles. The van der Waals surface area contributed by atoms with Crippen molar-refractivity contribution in [1.29, 1.82) is 5.26 Å². The predicted octanol–water partition coefficient (Wildman–Crippen LogP) is 3.86. The second-order valence-corrected chi connectivity index (χ2v) is 8.55. The number of aromatic nitrogens is 1. The Hall–Kier alpha value is -4.82. The summed E-state index contributed by atoms with van der Waals surface area (Å²) < 4.78 is 16.3. The summed E-state index contributed by atoms with van der Waals surface area (Å²) >= 11 is 0. The van der Waals surface area contributed by atoms with Crippen LogP contribution in [0.15, 0.2) is 36.4 Å². The Morgan fingerprint density at radius 1 is 1.16 bits per heavy atom. The molecule has 0 fully saturated rings. The van der Waals surface area contributed by atoms with Gasteiger partial charge in [-0.3, -0.25) is 14.9 Å². The summed E-state index contributed by atoms with van der Waals surface area (Å²) in [5.74, 6) is 0.255. The van der Waals surface area contributed by atoms with Gasteiger partial charge in [0, 0.05) is 23.9 Å². The molecule has 2 heterocycles. The van der Waals surface area contributed by atoms with Crippen LogP contribution < -0.4 is 19.1 Å². The number of anilines is 1. The Morgan fingerprint density at radius 3 is 2.54 bits per heavy atom. The summed E-state index contributed by atoms with van der Waals surface area (Å²) in [7, 11) is 4.45. The van der Waals surface area contributed by atoms with E-state index in [4.69, 9.17) is 14.2 Å². The molecule has 11 heteroatoms. The quantitative estimate of drug-likeness (QED) is 0.298. The number of hydrogen-bond acceptors (Lipinski definition) is 8. The smallest absolute Gasteiger partial charge is 0.279 e. The van der Waals surface area contributed by atoms with Crippen molar-refractivity contribution < 1.29 is 29.0 Å². The molecule has 3 aromatic carbocycles. The number of methoxy groups -OCH3 is 3. The lowest BCUT2D eigenvalue weighted by molar-refractivity contribution is -0.383. The lowest BCUT2D eigenvalue weighted by Crippen LogP contribution is -2.30. The topological polar surface area (TPSA) is 151 Å². The Morgan fingerprint density at radius 2 is 1.92 bits per heavy atom. The number of non-ortho nitro benzene ring substituents is 1. The average Bonchev–Trinajstić information content (AvgIpc) is 3.51. The van der Waals surface area contributed by atoms with Gasteiger partial charge in [0.15, 0.2) is 11.5 Å². The molecule has 1 amide bonds. The Bertz CT molecular complexity index is 1640. The molecule has 1 atom stereocenters. The van der Waals surface area contributed by atoms with E-state index < -0.39 is 16.7 Å². The normalized spacial score (nSPS) is 14.5. The van der Waals surface area contributed by atoms with E-state index in [2.05, 4.69) is 4.98 Å². The van der Waals surface area contributed by atoms with E-state index in [0.29, 0.717) is 44.8 Å². The molecular weight excluding hydrogens is 480 g/mol. The number of nitrogens with zero attached hydrogens (tertiary/aromatic N) is 3. The van der Waals surface area contributed by atoms with Crippen LogP contribution in [-0.4, -0.2) is 55.4 Å². The molecule has 0 bridgehead atoms. The maximum atomic E-state index is 13.8. The summed E-state index contributed by atoms with van der Waals surface area (Å²) in [6.07, 6.45) is 0. The molecule has 1 aromatic heterocycles. The molecule has 0 aliphatic carbocycles. The van der Waals surface area contributed by atoms with Crippen LogP contribution in [0.1, 0.15) is 27.5 Å². The predicted molar refractivity (Wildman–Crippen MR) is 135 cm³/mol. The summed E-state index contributed by atoms with van der Waals surface area (Å²) in [5.41, 5.74) is 1.76. The van der Waals surface area contributed by atoms with Gasteiger partial charge >= 0.3 is 0 Å². The zero-order chi connectivity index (χ0) is 26.4. The second-order valence-electron chi connectivity index (χ2n) is 8.55. The molecule has 0 radical (unpaired) electrons. The molecule has 1 aliphatic rings. The van der Waals surface area contributed by atoms with Gasteiger partial charge in [0.25, 0.3) is 11.6 Å². The van der Waals surface area contributed by atoms with E-state index >= 15 is 0 Å². The number of nitro benzene ring substituents is 1. The van der Waals surface area contributed by atoms with E-state index in [1.807, 2.05) is 6.07 Å². The van der Waals surface area contributed by atoms with Gasteiger partial charge in [-0.25, -0.2) is 0 Å². The van der Waals surface area contributed by atoms with Gasteiger partial charge in [0.1, 0.15) is 5.69 Å². The summed E-state index contributed by atoms with van der Waals surface area (Å²) in [6.45, 7) is -0.140. The fourth-order valence-corrected chi connectivity index (χ4v) is 5.04. The van der Waals surface area contributed by atoms with Crippen LogP contribution in [0.4, 0.5) is 11.4 Å². The van der Waals surface area contributed by atoms with Gasteiger partial charge in [0.2, 0.25) is 5.75 Å². The lowest BCUT2D eigenvalue weighted by atomic mass is 9.93. The van der Waals surface area contributed by atoms with Crippen LogP contribution >= 0.6 is 0 Å². The Balaban J connectivity index is 1.68. The molecule has 0 saturated heterocycles. The number of carbonyl (C=O) groups excluding carboxylic acids is 1. The fraction of sp³-hybridized carbons (Fsp3) is 0.231. The SMILES string of the molecule is COc1cc2cc(C(=O)N3CC(CO)c4c3cc([N+](=O)[O-])c3cc(C#N)ccc43)[nH]c2c(OC)c1OC. The molecule has 0 saturated carbocycles. The third kappa shape index (κ3) is 3.57. The monoisotopic (exact) mass is 502 g/mol. The minimum atomic E-state index is -0.537. The summed E-state index contributed by atoms with van der Waals surface area (Å²) in [5, 5.41) is 32.8. The summed E-state index contributed by atoms with van der Waals surface area (Å²) in [6, 6.07) is 11.3. The zero-order valence-corrected chi connectivity index (χ0v) is 20.2. The molecule has 11 nitrogen and oxygen atoms in total. The number of aliphatic hydroxyl groups excluding tert-OH is 1. The second kappa shape index (κ2) is 9.00. The van der Waals surface area contributed by atoms with Crippen LogP contribution in [0.25, 0.3) is 21.7 Å². The first-order valence-electron chi connectivity index (χ1n) is 11.3. The molecule has 2 N–H and O–H groups in total. The molecule has 4 aromatic rings. The van der Waals surface area contributed by atoms with Crippen LogP contribution in [0.2, 0.25) is 0 Å². The van der Waals surface area contributed by atoms with Gasteiger partial charge < -0.3 is 29.2 Å². The number of fused-ring (bicyclic) bond motifs is 4. The number of carbonyl (C=O) groups is 1.